The van der Waals surface area contributed by atoms with Gasteiger partial charge in [0.15, 0.2) is 5.75 Å². The molecule has 12 heteroatoms. The Kier molecular flexibility index (Phi) is 4.03. The van der Waals surface area contributed by atoms with Crippen molar-refractivity contribution in [1.29, 1.82) is 0 Å². The molecule has 1 atom stereocenters. The van der Waals surface area contributed by atoms with Gasteiger partial charge in [0.1, 0.15) is 16.9 Å². The number of hydrogen-bond donors (Lipinski definition) is 1. The van der Waals surface area contributed by atoms with E-state index in [0.717, 1.165) is 6.07 Å². The number of anilines is 1. The van der Waals surface area contributed by atoms with E-state index in [2.05, 4.69) is 19.4 Å². The van der Waals surface area contributed by atoms with Crippen LogP contribution in [0.4, 0.5) is 19.0 Å². The van der Waals surface area contributed by atoms with Crippen molar-refractivity contribution in [2.24, 2.45) is 0 Å². The minimum Gasteiger partial charge on any atom is -0.377 e. The van der Waals surface area contributed by atoms with Crippen LogP contribution in [0.3, 0.4) is 0 Å². The van der Waals surface area contributed by atoms with Crippen molar-refractivity contribution in [1.82, 2.24) is 15.2 Å². The summed E-state index contributed by atoms with van der Waals surface area (Å²) in [4.78, 5) is 6.08. The summed E-state index contributed by atoms with van der Waals surface area (Å²) in [5.41, 5.74) is -5.37. The fourth-order valence-electron chi connectivity index (χ4n) is 2.34. The van der Waals surface area contributed by atoms with Gasteiger partial charge >= 0.3 is 15.6 Å². The first-order chi connectivity index (χ1) is 11.2. The van der Waals surface area contributed by atoms with Crippen LogP contribution >= 0.6 is 0 Å². The highest BCUT2D eigenvalue weighted by Gasteiger charge is 2.49. The van der Waals surface area contributed by atoms with Gasteiger partial charge in [-0.3, -0.25) is 5.10 Å². The average molecular weight is 366 g/mol. The molecular weight excluding hydrogens is 353 g/mol. The highest BCUT2D eigenvalue weighted by atomic mass is 32.2. The first-order valence-electron chi connectivity index (χ1n) is 6.88. The van der Waals surface area contributed by atoms with Crippen molar-refractivity contribution in [3.63, 3.8) is 0 Å². The molecule has 1 fully saturated rings. The van der Waals surface area contributed by atoms with Crippen molar-refractivity contribution in [3.8, 4) is 5.75 Å². The average Bonchev–Trinajstić information content (AvgIpc) is 2.94. The van der Waals surface area contributed by atoms with Crippen LogP contribution in [0.1, 0.15) is 6.92 Å². The van der Waals surface area contributed by atoms with Crippen LogP contribution in [0, 0.1) is 0 Å². The number of ether oxygens (including phenoxy) is 1. The molecule has 0 radical (unpaired) electrons. The summed E-state index contributed by atoms with van der Waals surface area (Å²) in [6.07, 6.45) is 1.27. The zero-order valence-corrected chi connectivity index (χ0v) is 13.2. The lowest BCUT2D eigenvalue weighted by Crippen LogP contribution is -2.44. The first-order valence-corrected chi connectivity index (χ1v) is 8.29. The maximum atomic E-state index is 12.6. The molecule has 132 valence electrons. The predicted octanol–water partition coefficient (Wildman–Crippen LogP) is 1.41. The molecule has 0 bridgehead atoms. The Bertz CT molecular complexity index is 852. The molecule has 24 heavy (non-hydrogen) atoms. The largest absolute Gasteiger partial charge is 0.534 e. The van der Waals surface area contributed by atoms with Gasteiger partial charge in [0.2, 0.25) is 0 Å². The van der Waals surface area contributed by atoms with E-state index < -0.39 is 21.4 Å². The molecule has 0 saturated carbocycles. The molecule has 1 aliphatic heterocycles. The van der Waals surface area contributed by atoms with E-state index in [4.69, 9.17) is 4.74 Å². The summed E-state index contributed by atoms with van der Waals surface area (Å²) in [7, 11) is -5.80. The lowest BCUT2D eigenvalue weighted by atomic mass is 10.2. The van der Waals surface area contributed by atoms with E-state index in [0.29, 0.717) is 19.8 Å². The van der Waals surface area contributed by atoms with E-state index in [1.807, 2.05) is 6.92 Å². The number of H-pyrrole nitrogens is 1. The first kappa shape index (κ1) is 16.8. The van der Waals surface area contributed by atoms with Gasteiger partial charge in [-0.2, -0.15) is 26.7 Å². The number of aromatic amines is 1. The second-order valence-corrected chi connectivity index (χ2v) is 6.75. The van der Waals surface area contributed by atoms with Crippen molar-refractivity contribution in [2.45, 2.75) is 18.5 Å². The molecule has 0 amide bonds. The number of fused-ring (bicyclic) bond motifs is 1. The zero-order valence-electron chi connectivity index (χ0n) is 12.4. The van der Waals surface area contributed by atoms with Gasteiger partial charge in [-0.25, -0.2) is 4.98 Å². The molecule has 1 aliphatic rings. The third-order valence-corrected chi connectivity index (χ3v) is 4.47. The molecule has 8 nitrogen and oxygen atoms in total. The van der Waals surface area contributed by atoms with Gasteiger partial charge in [0.25, 0.3) is 0 Å². The van der Waals surface area contributed by atoms with Crippen LogP contribution in [0.25, 0.3) is 11.0 Å². The summed E-state index contributed by atoms with van der Waals surface area (Å²) in [6.45, 7) is 3.16. The zero-order chi connectivity index (χ0) is 17.5. The van der Waals surface area contributed by atoms with Gasteiger partial charge < -0.3 is 13.8 Å². The van der Waals surface area contributed by atoms with E-state index >= 15 is 0 Å². The van der Waals surface area contributed by atoms with Gasteiger partial charge in [0.05, 0.1) is 25.5 Å². The molecule has 1 N–H and O–H groups in total. The van der Waals surface area contributed by atoms with Crippen molar-refractivity contribution in [2.75, 3.05) is 24.7 Å². The molecule has 0 spiro atoms. The Labute approximate surface area is 134 Å². The maximum Gasteiger partial charge on any atom is 0.534 e. The summed E-state index contributed by atoms with van der Waals surface area (Å²) in [5.74, 6) is -0.226. The minimum absolute atomic E-state index is 0.0347. The summed E-state index contributed by atoms with van der Waals surface area (Å²) < 4.78 is 69.9. The highest BCUT2D eigenvalue weighted by molar-refractivity contribution is 7.88. The van der Waals surface area contributed by atoms with Gasteiger partial charge in [-0.1, -0.05) is 0 Å². The molecular formula is C12H13F3N4O4S. The van der Waals surface area contributed by atoms with Crippen LogP contribution in [0.2, 0.25) is 0 Å². The van der Waals surface area contributed by atoms with Crippen LogP contribution in [0.15, 0.2) is 12.3 Å². The second-order valence-electron chi connectivity index (χ2n) is 5.21. The van der Waals surface area contributed by atoms with Crippen molar-refractivity contribution < 1.29 is 30.5 Å². The lowest BCUT2D eigenvalue weighted by molar-refractivity contribution is -0.0499. The van der Waals surface area contributed by atoms with E-state index in [1.165, 1.54) is 6.20 Å². The quantitative estimate of drug-likeness (QED) is 0.648. The third kappa shape index (κ3) is 2.98. The highest BCUT2D eigenvalue weighted by Crippen LogP contribution is 2.33. The van der Waals surface area contributed by atoms with Gasteiger partial charge in [-0.05, 0) is 6.92 Å². The minimum atomic E-state index is -5.80. The Hall–Kier alpha value is -2.08. The van der Waals surface area contributed by atoms with Crippen LogP contribution in [0.5, 0.6) is 5.75 Å². The molecule has 0 aromatic carbocycles. The number of rotatable bonds is 3. The van der Waals surface area contributed by atoms with Crippen LogP contribution < -0.4 is 9.08 Å². The van der Waals surface area contributed by atoms with Crippen LogP contribution in [-0.2, 0) is 14.9 Å². The van der Waals surface area contributed by atoms with Crippen molar-refractivity contribution in [3.05, 3.63) is 12.3 Å². The normalized spacial score (nSPS) is 19.7. The molecule has 1 saturated heterocycles. The molecule has 3 rings (SSSR count). The van der Waals surface area contributed by atoms with E-state index in [9.17, 15) is 21.6 Å². The molecule has 2 aromatic rings. The fraction of sp³-hybridized carbons (Fsp3) is 0.500. The number of pyridine rings is 1. The fourth-order valence-corrected chi connectivity index (χ4v) is 2.80. The SMILES string of the molecule is C[C@@H]1COCCN1c1cc(OS(=O)(=O)C(F)(F)F)c2[nH]ncc2n1. The number of aromatic nitrogens is 3. The number of nitrogens with zero attached hydrogens (tertiary/aromatic N) is 3. The lowest BCUT2D eigenvalue weighted by Gasteiger charge is -2.34. The number of alkyl halides is 3. The molecule has 2 aromatic heterocycles. The second kappa shape index (κ2) is 5.77. The summed E-state index contributed by atoms with van der Waals surface area (Å²) in [5, 5.41) is 6.06. The number of morpholine rings is 1. The Morgan fingerprint density at radius 1 is 1.46 bits per heavy atom. The van der Waals surface area contributed by atoms with Crippen molar-refractivity contribution >= 4 is 27.0 Å². The van der Waals surface area contributed by atoms with E-state index in [1.54, 1.807) is 4.90 Å². The third-order valence-electron chi connectivity index (χ3n) is 3.51. The molecule has 0 aliphatic carbocycles. The molecule has 3 heterocycles. The topological polar surface area (TPSA) is 97.4 Å². The predicted molar refractivity (Wildman–Crippen MR) is 77.1 cm³/mol. The number of nitrogens with one attached hydrogen (secondary N) is 1. The Morgan fingerprint density at radius 3 is 2.88 bits per heavy atom. The van der Waals surface area contributed by atoms with Crippen LogP contribution in [-0.4, -0.2) is 54.9 Å². The maximum absolute atomic E-state index is 12.6. The Morgan fingerprint density at radius 2 is 2.21 bits per heavy atom. The monoisotopic (exact) mass is 366 g/mol. The summed E-state index contributed by atoms with van der Waals surface area (Å²) in [6, 6.07) is 1.06. The number of halogens is 3. The van der Waals surface area contributed by atoms with E-state index in [-0.39, 0.29) is 22.9 Å². The summed E-state index contributed by atoms with van der Waals surface area (Å²) >= 11 is 0. The standard InChI is InChI=1S/C12H13F3N4O4S/c1-7-6-22-3-2-19(7)10-4-9(11-8(17-10)5-16-18-11)23-24(20,21)12(13,14)15/h4-5,7H,2-3,6H2,1H3,(H,16,18)/t7-/m1/s1. The molecule has 0 unspecified atom stereocenters. The Balaban J connectivity index is 2.05. The smallest absolute Gasteiger partial charge is 0.377 e. The van der Waals surface area contributed by atoms with Gasteiger partial charge in [0, 0.05) is 12.6 Å². The number of hydrogen-bond acceptors (Lipinski definition) is 7. The van der Waals surface area contributed by atoms with Gasteiger partial charge in [-0.15, -0.1) is 0 Å².